The minimum atomic E-state index is -0.639. The molecule has 2 aromatic carbocycles. The van der Waals surface area contributed by atoms with Crippen molar-refractivity contribution in [1.82, 2.24) is 0 Å². The van der Waals surface area contributed by atoms with Crippen molar-refractivity contribution in [2.75, 3.05) is 5.32 Å². The Morgan fingerprint density at radius 1 is 1.07 bits per heavy atom. The summed E-state index contributed by atoms with van der Waals surface area (Å²) in [6.45, 7) is 5.95. The fraction of sp³-hybridized carbons (Fsp3) is 0.320. The molecule has 2 atom stereocenters. The second kappa shape index (κ2) is 7.63. The molecule has 2 aromatic rings. The molecule has 30 heavy (non-hydrogen) atoms. The monoisotopic (exact) mass is 404 g/mol. The molecular weight excluding hydrogens is 379 g/mol. The molecule has 1 aliphatic heterocycles. The lowest BCUT2D eigenvalue weighted by Gasteiger charge is -2.39. The van der Waals surface area contributed by atoms with Gasteiger partial charge in [0.2, 0.25) is 5.91 Å². The molecule has 2 unspecified atom stereocenters. The third-order valence-electron chi connectivity index (χ3n) is 5.86. The molecule has 0 spiro atoms. The second-order valence-corrected chi connectivity index (χ2v) is 8.92. The molecule has 1 aliphatic carbocycles. The second-order valence-electron chi connectivity index (χ2n) is 8.92. The lowest BCUT2D eigenvalue weighted by atomic mass is 9.66. The Labute approximate surface area is 175 Å². The number of amides is 1. The number of carbonyl (C=O) groups excluding carboxylic acids is 2. The van der Waals surface area contributed by atoms with E-state index in [-0.39, 0.29) is 22.9 Å². The van der Waals surface area contributed by atoms with Crippen molar-refractivity contribution in [3.63, 3.8) is 0 Å². The van der Waals surface area contributed by atoms with Crippen molar-refractivity contribution >= 4 is 23.1 Å². The number of nitrogens with zero attached hydrogens (tertiary/aromatic N) is 1. The van der Waals surface area contributed by atoms with Gasteiger partial charge in [0.15, 0.2) is 5.78 Å². The molecule has 154 valence electrons. The van der Waals surface area contributed by atoms with E-state index in [4.69, 9.17) is 4.99 Å². The Morgan fingerprint density at radius 2 is 1.73 bits per heavy atom. The zero-order valence-electron chi connectivity index (χ0n) is 17.4. The minimum absolute atomic E-state index is 0.0179. The summed E-state index contributed by atoms with van der Waals surface area (Å²) in [6, 6.07) is 15.3. The van der Waals surface area contributed by atoms with Crippen LogP contribution < -0.4 is 5.32 Å². The van der Waals surface area contributed by atoms with E-state index < -0.39 is 11.8 Å². The number of anilines is 1. The predicted octanol–water partition coefficient (Wildman–Crippen LogP) is 5.28. The van der Waals surface area contributed by atoms with Gasteiger partial charge in [0.1, 0.15) is 5.82 Å². The van der Waals surface area contributed by atoms with E-state index in [9.17, 15) is 14.0 Å². The quantitative estimate of drug-likeness (QED) is 0.756. The van der Waals surface area contributed by atoms with Crippen LogP contribution in [0.3, 0.4) is 0 Å². The summed E-state index contributed by atoms with van der Waals surface area (Å²) in [5, 5.41) is 2.95. The molecule has 5 heteroatoms. The molecular formula is C25H25FN2O2. The predicted molar refractivity (Wildman–Crippen MR) is 116 cm³/mol. The summed E-state index contributed by atoms with van der Waals surface area (Å²) >= 11 is 0. The molecule has 0 aromatic heterocycles. The maximum atomic E-state index is 13.6. The summed E-state index contributed by atoms with van der Waals surface area (Å²) in [5.41, 5.74) is 3.28. The molecule has 0 bridgehead atoms. The van der Waals surface area contributed by atoms with Gasteiger partial charge in [0.05, 0.1) is 5.92 Å². The number of carbonyl (C=O) groups is 2. The van der Waals surface area contributed by atoms with Crippen molar-refractivity contribution in [2.45, 2.75) is 39.5 Å². The number of rotatable bonds is 3. The number of hydrogen-bond donors (Lipinski definition) is 1. The van der Waals surface area contributed by atoms with Crippen molar-refractivity contribution in [3.05, 3.63) is 77.2 Å². The summed E-state index contributed by atoms with van der Waals surface area (Å²) in [6.07, 6.45) is 1.08. The number of nitrogens with one attached hydrogen (secondary N) is 1. The fourth-order valence-electron chi connectivity index (χ4n) is 4.56. The van der Waals surface area contributed by atoms with Crippen LogP contribution in [-0.2, 0) is 9.59 Å². The van der Waals surface area contributed by atoms with E-state index in [0.717, 1.165) is 11.3 Å². The van der Waals surface area contributed by atoms with Crippen molar-refractivity contribution in [3.8, 4) is 0 Å². The van der Waals surface area contributed by atoms with Gasteiger partial charge < -0.3 is 5.32 Å². The molecule has 0 fully saturated rings. The van der Waals surface area contributed by atoms with Gasteiger partial charge in [-0.2, -0.15) is 0 Å². The van der Waals surface area contributed by atoms with Crippen LogP contribution in [0, 0.1) is 17.2 Å². The van der Waals surface area contributed by atoms with Gasteiger partial charge in [-0.15, -0.1) is 0 Å². The van der Waals surface area contributed by atoms with Crippen LogP contribution in [0.5, 0.6) is 0 Å². The smallest absolute Gasteiger partial charge is 0.234 e. The fourth-order valence-corrected chi connectivity index (χ4v) is 4.56. The largest absolute Gasteiger partial charge is 0.325 e. The van der Waals surface area contributed by atoms with E-state index in [2.05, 4.69) is 19.2 Å². The number of halogens is 1. The van der Waals surface area contributed by atoms with Crippen LogP contribution in [0.25, 0.3) is 0 Å². The summed E-state index contributed by atoms with van der Waals surface area (Å²) in [4.78, 5) is 31.3. The zero-order chi connectivity index (χ0) is 21.5. The van der Waals surface area contributed by atoms with Gasteiger partial charge in [0, 0.05) is 35.0 Å². The molecule has 1 heterocycles. The minimum Gasteiger partial charge on any atom is -0.325 e. The topological polar surface area (TPSA) is 58.5 Å². The third-order valence-corrected chi connectivity index (χ3v) is 5.86. The Hall–Kier alpha value is -3.08. The van der Waals surface area contributed by atoms with Crippen LogP contribution in [0.2, 0.25) is 0 Å². The highest BCUT2D eigenvalue weighted by Crippen LogP contribution is 2.47. The SMILES string of the molecule is CC1=NC2=C(C(=O)CC(C)(C)C2)C(c2ccc(F)cc2)C1C(=O)Nc1ccccc1. The van der Waals surface area contributed by atoms with Gasteiger partial charge in [-0.3, -0.25) is 14.6 Å². The number of hydrogen-bond acceptors (Lipinski definition) is 3. The number of allylic oxidation sites excluding steroid dienone is 2. The highest BCUT2D eigenvalue weighted by atomic mass is 19.1. The van der Waals surface area contributed by atoms with Crippen LogP contribution in [0.4, 0.5) is 10.1 Å². The van der Waals surface area contributed by atoms with E-state index in [0.29, 0.717) is 29.8 Å². The zero-order valence-corrected chi connectivity index (χ0v) is 17.4. The first-order chi connectivity index (χ1) is 14.2. The summed E-state index contributed by atoms with van der Waals surface area (Å²) < 4.78 is 13.6. The van der Waals surface area contributed by atoms with Crippen LogP contribution >= 0.6 is 0 Å². The molecule has 1 N–H and O–H groups in total. The number of ketones is 1. The highest BCUT2D eigenvalue weighted by molar-refractivity contribution is 6.13. The van der Waals surface area contributed by atoms with Gasteiger partial charge in [0.25, 0.3) is 0 Å². The molecule has 0 saturated carbocycles. The Balaban J connectivity index is 1.80. The number of Topliss-reactive ketones (excluding diaryl/α,β-unsaturated/α-hetero) is 1. The maximum absolute atomic E-state index is 13.6. The molecule has 2 aliphatic rings. The lowest BCUT2D eigenvalue weighted by Crippen LogP contribution is -2.41. The van der Waals surface area contributed by atoms with Crippen molar-refractivity contribution in [2.24, 2.45) is 16.3 Å². The Bertz CT molecular complexity index is 1050. The van der Waals surface area contributed by atoms with Gasteiger partial charge in [-0.1, -0.05) is 44.2 Å². The van der Waals surface area contributed by atoms with E-state index in [1.165, 1.54) is 12.1 Å². The van der Waals surface area contributed by atoms with Crippen molar-refractivity contribution in [1.29, 1.82) is 0 Å². The van der Waals surface area contributed by atoms with Crippen LogP contribution in [0.15, 0.2) is 70.9 Å². The van der Waals surface area contributed by atoms with Gasteiger partial charge >= 0.3 is 0 Å². The Kier molecular flexibility index (Phi) is 5.14. The van der Waals surface area contributed by atoms with Crippen molar-refractivity contribution < 1.29 is 14.0 Å². The van der Waals surface area contributed by atoms with Gasteiger partial charge in [-0.25, -0.2) is 4.39 Å². The van der Waals surface area contributed by atoms with E-state index in [1.54, 1.807) is 12.1 Å². The maximum Gasteiger partial charge on any atom is 0.234 e. The van der Waals surface area contributed by atoms with Crippen LogP contribution in [0.1, 0.15) is 45.1 Å². The average molecular weight is 404 g/mol. The summed E-state index contributed by atoms with van der Waals surface area (Å²) in [5.74, 6) is -1.68. The number of para-hydroxylation sites is 1. The average Bonchev–Trinajstić information content (AvgIpc) is 2.67. The number of aliphatic imine (C=N–C) groups is 1. The third kappa shape index (κ3) is 3.84. The lowest BCUT2D eigenvalue weighted by molar-refractivity contribution is -0.119. The first kappa shape index (κ1) is 20.2. The first-order valence-corrected chi connectivity index (χ1v) is 10.2. The first-order valence-electron chi connectivity index (χ1n) is 10.2. The molecule has 4 nitrogen and oxygen atoms in total. The number of benzene rings is 2. The molecule has 1 amide bonds. The standard InChI is InChI=1S/C25H25FN2O2/c1-15-21(24(30)28-18-7-5-4-6-8-18)22(16-9-11-17(26)12-10-16)23-19(27-15)13-25(2,3)14-20(23)29/h4-12,21-22H,13-14H2,1-3H3,(H,28,30). The van der Waals surface area contributed by atoms with E-state index in [1.807, 2.05) is 37.3 Å². The normalized spacial score (nSPS) is 22.9. The molecule has 0 radical (unpaired) electrons. The Morgan fingerprint density at radius 3 is 2.40 bits per heavy atom. The van der Waals surface area contributed by atoms with Gasteiger partial charge in [-0.05, 0) is 48.6 Å². The summed E-state index contributed by atoms with van der Waals surface area (Å²) in [7, 11) is 0. The molecule has 0 saturated heterocycles. The molecule has 4 rings (SSSR count). The van der Waals surface area contributed by atoms with Crippen LogP contribution in [-0.4, -0.2) is 17.4 Å². The van der Waals surface area contributed by atoms with E-state index >= 15 is 0 Å². The highest BCUT2D eigenvalue weighted by Gasteiger charge is 2.45.